The van der Waals surface area contributed by atoms with Gasteiger partial charge < -0.3 is 10.3 Å². The number of nitrogen functional groups attached to an aromatic ring is 1. The van der Waals surface area contributed by atoms with Gasteiger partial charge in [0.25, 0.3) is 0 Å². The molecule has 5 nitrogen and oxygen atoms in total. The van der Waals surface area contributed by atoms with Crippen molar-refractivity contribution in [2.24, 2.45) is 0 Å². The molecule has 1 aromatic carbocycles. The molecular weight excluding hydrogens is 272 g/mol. The summed E-state index contributed by atoms with van der Waals surface area (Å²) in [5, 5.41) is 3.98. The monoisotopic (exact) mass is 284 g/mol. The van der Waals surface area contributed by atoms with E-state index in [1.807, 2.05) is 36.4 Å². The summed E-state index contributed by atoms with van der Waals surface area (Å²) in [4.78, 5) is 9.42. The lowest BCUT2D eigenvalue weighted by Gasteiger charge is -1.97. The number of benzene rings is 1. The molecule has 0 amide bonds. The quantitative estimate of drug-likeness (QED) is 0.742. The highest BCUT2D eigenvalue weighted by molar-refractivity contribution is 7.98. The van der Waals surface area contributed by atoms with E-state index in [9.17, 15) is 0 Å². The second-order valence-corrected chi connectivity index (χ2v) is 5.13. The zero-order valence-corrected chi connectivity index (χ0v) is 11.4. The number of nitrogens with two attached hydrogens (primary N) is 1. The molecule has 0 aliphatic heterocycles. The predicted octanol–water partition coefficient (Wildman–Crippen LogP) is 3.01. The molecule has 0 radical (unpaired) electrons. The topological polar surface area (TPSA) is 77.8 Å². The summed E-state index contributed by atoms with van der Waals surface area (Å²) in [6.45, 7) is 0. The Bertz CT molecular complexity index is 682. The summed E-state index contributed by atoms with van der Waals surface area (Å²) in [5.74, 6) is 2.31. The third-order valence-electron chi connectivity index (χ3n) is 2.62. The zero-order valence-electron chi connectivity index (χ0n) is 10.6. The molecule has 20 heavy (non-hydrogen) atoms. The van der Waals surface area contributed by atoms with E-state index in [-0.39, 0.29) is 0 Å². The van der Waals surface area contributed by atoms with Crippen LogP contribution in [0.4, 0.5) is 5.82 Å². The first kappa shape index (κ1) is 12.7. The van der Waals surface area contributed by atoms with Gasteiger partial charge in [0.15, 0.2) is 0 Å². The molecule has 2 heterocycles. The van der Waals surface area contributed by atoms with Gasteiger partial charge in [0.1, 0.15) is 5.82 Å². The molecule has 2 aromatic heterocycles. The Labute approximate surface area is 120 Å². The second-order valence-electron chi connectivity index (χ2n) is 4.09. The Morgan fingerprint density at radius 3 is 2.70 bits per heavy atom. The van der Waals surface area contributed by atoms with Gasteiger partial charge in [-0.05, 0) is 12.1 Å². The van der Waals surface area contributed by atoms with Crippen molar-refractivity contribution < 1.29 is 4.52 Å². The minimum absolute atomic E-state index is 0.513. The summed E-state index contributed by atoms with van der Waals surface area (Å²) in [6.07, 6.45) is 1.73. The maximum atomic E-state index is 5.54. The van der Waals surface area contributed by atoms with Crippen LogP contribution in [-0.4, -0.2) is 15.1 Å². The van der Waals surface area contributed by atoms with Crippen molar-refractivity contribution in [3.63, 3.8) is 0 Å². The maximum Gasteiger partial charge on any atom is 0.237 e. The average molecular weight is 284 g/mol. The third kappa shape index (κ3) is 2.97. The van der Waals surface area contributed by atoms with E-state index in [4.69, 9.17) is 10.3 Å². The largest absolute Gasteiger partial charge is 0.384 e. The van der Waals surface area contributed by atoms with Crippen molar-refractivity contribution >= 4 is 17.6 Å². The molecule has 6 heteroatoms. The summed E-state index contributed by atoms with van der Waals surface area (Å²) >= 11 is 1.58. The van der Waals surface area contributed by atoms with Crippen molar-refractivity contribution in [2.75, 3.05) is 5.73 Å². The Morgan fingerprint density at radius 1 is 1.10 bits per heavy atom. The van der Waals surface area contributed by atoms with Gasteiger partial charge in [-0.3, -0.25) is 0 Å². The van der Waals surface area contributed by atoms with E-state index in [2.05, 4.69) is 15.1 Å². The number of anilines is 1. The van der Waals surface area contributed by atoms with Crippen molar-refractivity contribution in [1.29, 1.82) is 0 Å². The molecule has 0 atom stereocenters. The first-order chi connectivity index (χ1) is 9.81. The lowest BCUT2D eigenvalue weighted by atomic mass is 10.2. The van der Waals surface area contributed by atoms with Crippen LogP contribution in [0.2, 0.25) is 0 Å². The Balaban J connectivity index is 1.67. The lowest BCUT2D eigenvalue weighted by molar-refractivity contribution is 0.391. The molecular formula is C14H12N4OS. The average Bonchev–Trinajstić information content (AvgIpc) is 2.97. The van der Waals surface area contributed by atoms with E-state index in [1.165, 1.54) is 0 Å². The van der Waals surface area contributed by atoms with Gasteiger partial charge in [-0.1, -0.05) is 35.5 Å². The van der Waals surface area contributed by atoms with Crippen LogP contribution in [0.5, 0.6) is 0 Å². The van der Waals surface area contributed by atoms with Crippen LogP contribution in [0, 0.1) is 0 Å². The molecule has 3 rings (SSSR count). The van der Waals surface area contributed by atoms with Crippen LogP contribution in [0.3, 0.4) is 0 Å². The fourth-order valence-corrected chi connectivity index (χ4v) is 2.34. The van der Waals surface area contributed by atoms with Crippen LogP contribution in [0.1, 0.15) is 5.89 Å². The van der Waals surface area contributed by atoms with Gasteiger partial charge in [-0.15, -0.1) is 11.8 Å². The van der Waals surface area contributed by atoms with Gasteiger partial charge in [-0.2, -0.15) is 4.98 Å². The van der Waals surface area contributed by atoms with Crippen LogP contribution in [0.15, 0.2) is 58.1 Å². The van der Waals surface area contributed by atoms with E-state index in [0.29, 0.717) is 23.3 Å². The number of aromatic nitrogens is 3. The Hall–Kier alpha value is -2.34. The highest BCUT2D eigenvalue weighted by Crippen LogP contribution is 2.23. The maximum absolute atomic E-state index is 5.54. The highest BCUT2D eigenvalue weighted by atomic mass is 32.2. The summed E-state index contributed by atoms with van der Waals surface area (Å²) < 4.78 is 5.24. The van der Waals surface area contributed by atoms with E-state index in [0.717, 1.165) is 10.5 Å². The Kier molecular flexibility index (Phi) is 3.64. The smallest absolute Gasteiger partial charge is 0.237 e. The Morgan fingerprint density at radius 2 is 1.95 bits per heavy atom. The van der Waals surface area contributed by atoms with Crippen molar-refractivity contribution in [3.8, 4) is 11.4 Å². The molecule has 0 bridgehead atoms. The minimum Gasteiger partial charge on any atom is -0.384 e. The molecule has 0 aliphatic rings. The van der Waals surface area contributed by atoms with Gasteiger partial charge in [-0.25, -0.2) is 4.98 Å². The fourth-order valence-electron chi connectivity index (χ4n) is 1.64. The second kappa shape index (κ2) is 5.75. The number of rotatable bonds is 4. The molecule has 2 N–H and O–H groups in total. The van der Waals surface area contributed by atoms with Crippen molar-refractivity contribution in [3.05, 3.63) is 54.6 Å². The molecule has 0 unspecified atom stereocenters. The van der Waals surface area contributed by atoms with Crippen molar-refractivity contribution in [1.82, 2.24) is 15.1 Å². The van der Waals surface area contributed by atoms with Gasteiger partial charge in [0.05, 0.1) is 5.75 Å². The third-order valence-corrected chi connectivity index (χ3v) is 3.59. The van der Waals surface area contributed by atoms with E-state index < -0.39 is 0 Å². The number of nitrogens with zero attached hydrogens (tertiary/aromatic N) is 3. The highest BCUT2D eigenvalue weighted by Gasteiger charge is 2.08. The number of thioether (sulfide) groups is 1. The fraction of sp³-hybridized carbons (Fsp3) is 0.0714. The number of hydrogen-bond donors (Lipinski definition) is 1. The molecule has 100 valence electrons. The first-order valence-electron chi connectivity index (χ1n) is 6.03. The minimum atomic E-state index is 0.513. The normalized spacial score (nSPS) is 10.6. The van der Waals surface area contributed by atoms with Crippen LogP contribution >= 0.6 is 11.8 Å². The van der Waals surface area contributed by atoms with E-state index >= 15 is 0 Å². The van der Waals surface area contributed by atoms with Crippen molar-refractivity contribution in [2.45, 2.75) is 10.6 Å². The zero-order chi connectivity index (χ0) is 13.8. The number of pyridine rings is 1. The first-order valence-corrected chi connectivity index (χ1v) is 7.02. The molecule has 0 aliphatic carbocycles. The predicted molar refractivity (Wildman–Crippen MR) is 77.9 cm³/mol. The molecule has 0 saturated carbocycles. The molecule has 3 aromatic rings. The van der Waals surface area contributed by atoms with E-state index in [1.54, 1.807) is 24.0 Å². The van der Waals surface area contributed by atoms with Gasteiger partial charge >= 0.3 is 0 Å². The standard InChI is InChI=1S/C14H12N4OS/c15-12-7-6-11(8-16-12)20-9-13-17-14(18-19-13)10-4-2-1-3-5-10/h1-8H,9H2,(H2,15,16). The lowest BCUT2D eigenvalue weighted by Crippen LogP contribution is -1.88. The molecule has 0 spiro atoms. The summed E-state index contributed by atoms with van der Waals surface area (Å²) in [6, 6.07) is 13.4. The number of hydrogen-bond acceptors (Lipinski definition) is 6. The SMILES string of the molecule is Nc1ccc(SCc2nc(-c3ccccc3)no2)cn1. The van der Waals surface area contributed by atoms with Crippen LogP contribution in [-0.2, 0) is 5.75 Å². The van der Waals surface area contributed by atoms with Gasteiger partial charge in [0.2, 0.25) is 11.7 Å². The van der Waals surface area contributed by atoms with Crippen LogP contribution in [0.25, 0.3) is 11.4 Å². The molecule has 0 fully saturated rings. The molecule has 0 saturated heterocycles. The van der Waals surface area contributed by atoms with Crippen LogP contribution < -0.4 is 5.73 Å². The summed E-state index contributed by atoms with van der Waals surface area (Å²) in [7, 11) is 0. The summed E-state index contributed by atoms with van der Waals surface area (Å²) in [5.41, 5.74) is 6.49. The van der Waals surface area contributed by atoms with Gasteiger partial charge in [0, 0.05) is 16.7 Å².